The van der Waals surface area contributed by atoms with Crippen LogP contribution in [0.3, 0.4) is 0 Å². The fourth-order valence-electron chi connectivity index (χ4n) is 3.48. The maximum atomic E-state index is 14.1. The molecule has 8 heteroatoms. The molecule has 29 heavy (non-hydrogen) atoms. The second kappa shape index (κ2) is 7.90. The van der Waals surface area contributed by atoms with Gasteiger partial charge in [-0.15, -0.1) is 0 Å². The number of Topliss-reactive ketones (excluding diaryl/α,β-unsaturated/α-hetero) is 1. The van der Waals surface area contributed by atoms with Gasteiger partial charge in [-0.05, 0) is 36.8 Å². The molecule has 0 saturated carbocycles. The van der Waals surface area contributed by atoms with Crippen LogP contribution < -0.4 is 10.6 Å². The number of carbonyl (C=O) groups excluding carboxylic acids is 2. The van der Waals surface area contributed by atoms with E-state index in [9.17, 15) is 14.0 Å². The minimum atomic E-state index is -1.23. The summed E-state index contributed by atoms with van der Waals surface area (Å²) >= 11 is 0. The molecule has 1 saturated heterocycles. The minimum Gasteiger partial charge on any atom is -0.466 e. The fourth-order valence-corrected chi connectivity index (χ4v) is 3.48. The molecule has 0 aromatic heterocycles. The predicted octanol–water partition coefficient (Wildman–Crippen LogP) is 2.30. The first kappa shape index (κ1) is 18.9. The second-order valence-electron chi connectivity index (χ2n) is 6.73. The molecule has 3 aliphatic rings. The number of benzene rings is 1. The third-order valence-electron chi connectivity index (χ3n) is 4.89. The number of hydrogen-bond donors (Lipinski definition) is 2. The van der Waals surface area contributed by atoms with Crippen LogP contribution >= 0.6 is 0 Å². The highest BCUT2D eigenvalue weighted by Crippen LogP contribution is 2.33. The molecule has 1 fully saturated rings. The molecular formula is C21H20FN3O4. The van der Waals surface area contributed by atoms with Crippen molar-refractivity contribution in [3.63, 3.8) is 0 Å². The predicted molar refractivity (Wildman–Crippen MR) is 104 cm³/mol. The molecule has 2 N–H and O–H groups in total. The number of esters is 1. The highest BCUT2D eigenvalue weighted by atomic mass is 19.1. The molecule has 1 aromatic carbocycles. The van der Waals surface area contributed by atoms with Gasteiger partial charge in [-0.3, -0.25) is 14.6 Å². The molecule has 0 radical (unpaired) electrons. The molecule has 4 rings (SSSR count). The summed E-state index contributed by atoms with van der Waals surface area (Å²) in [4.78, 5) is 29.7. The van der Waals surface area contributed by atoms with Crippen LogP contribution in [0.2, 0.25) is 0 Å². The number of ketones is 1. The van der Waals surface area contributed by atoms with Crippen molar-refractivity contribution in [1.29, 1.82) is 0 Å². The van der Waals surface area contributed by atoms with Crippen LogP contribution in [0.5, 0.6) is 0 Å². The summed E-state index contributed by atoms with van der Waals surface area (Å²) in [7, 11) is 0. The number of hydrogen-bond acceptors (Lipinski definition) is 7. The lowest BCUT2D eigenvalue weighted by atomic mass is 9.96. The van der Waals surface area contributed by atoms with Gasteiger partial charge in [0.25, 0.3) is 0 Å². The van der Waals surface area contributed by atoms with Gasteiger partial charge in [-0.25, -0.2) is 4.39 Å². The Balaban J connectivity index is 1.60. The summed E-state index contributed by atoms with van der Waals surface area (Å²) in [5.41, 5.74) is 0.938. The average molecular weight is 397 g/mol. The van der Waals surface area contributed by atoms with Gasteiger partial charge in [-0.2, -0.15) is 0 Å². The summed E-state index contributed by atoms with van der Waals surface area (Å²) in [6.07, 6.45) is 7.68. The summed E-state index contributed by atoms with van der Waals surface area (Å²) in [6, 6.07) is 5.97. The number of nitrogens with zero attached hydrogens (tertiary/aromatic N) is 1. The Hall–Kier alpha value is -3.42. The smallest absolute Gasteiger partial charge is 0.322 e. The molecule has 1 aromatic rings. The average Bonchev–Trinajstić information content (AvgIpc) is 3.25. The largest absolute Gasteiger partial charge is 0.466 e. The van der Waals surface area contributed by atoms with Gasteiger partial charge in [0.1, 0.15) is 12.0 Å². The van der Waals surface area contributed by atoms with E-state index in [0.717, 1.165) is 5.57 Å². The van der Waals surface area contributed by atoms with Crippen LogP contribution in [0.1, 0.15) is 6.92 Å². The van der Waals surface area contributed by atoms with Gasteiger partial charge in [0.2, 0.25) is 5.78 Å². The number of allylic oxidation sites excluding steroid dienone is 3. The van der Waals surface area contributed by atoms with E-state index in [-0.39, 0.29) is 30.1 Å². The Morgan fingerprint density at radius 3 is 3.03 bits per heavy atom. The van der Waals surface area contributed by atoms with E-state index in [1.54, 1.807) is 37.5 Å². The van der Waals surface area contributed by atoms with Gasteiger partial charge < -0.3 is 20.1 Å². The maximum absolute atomic E-state index is 14.1. The maximum Gasteiger partial charge on any atom is 0.322 e. The van der Waals surface area contributed by atoms with E-state index in [4.69, 9.17) is 9.47 Å². The highest BCUT2D eigenvalue weighted by molar-refractivity contribution is 6.10. The number of ether oxygens (including phenoxy) is 2. The number of para-hydroxylation sites is 1. The number of carbonyl (C=O) groups is 2. The lowest BCUT2D eigenvalue weighted by Crippen LogP contribution is -2.36. The van der Waals surface area contributed by atoms with E-state index in [2.05, 4.69) is 15.6 Å². The minimum absolute atomic E-state index is 0.0218. The fraction of sp³-hybridized carbons (Fsp3) is 0.286. The molecule has 4 atom stereocenters. The van der Waals surface area contributed by atoms with Gasteiger partial charge in [-0.1, -0.05) is 18.2 Å². The number of fused-ring (bicyclic) bond motifs is 1. The van der Waals surface area contributed by atoms with Crippen LogP contribution in [-0.2, 0) is 19.1 Å². The first-order valence-corrected chi connectivity index (χ1v) is 9.35. The molecule has 7 nitrogen and oxygen atoms in total. The SMILES string of the molecule is CCOC(=O)C1C(=O)/C(=C/C2=CNC3N=CC=CC23)OC1Nc1ccccc1F. The van der Waals surface area contributed by atoms with Crippen LogP contribution in [0.15, 0.2) is 65.0 Å². The Bertz CT molecular complexity index is 953. The normalized spacial score (nSPS) is 28.6. The van der Waals surface area contributed by atoms with Crippen molar-refractivity contribution in [3.05, 3.63) is 65.8 Å². The number of halogens is 1. The molecule has 150 valence electrons. The monoisotopic (exact) mass is 397 g/mol. The van der Waals surface area contributed by atoms with E-state index < -0.39 is 29.7 Å². The number of anilines is 1. The Morgan fingerprint density at radius 2 is 2.24 bits per heavy atom. The van der Waals surface area contributed by atoms with Crippen molar-refractivity contribution in [3.8, 4) is 0 Å². The molecule has 3 aliphatic heterocycles. The molecule has 4 unspecified atom stereocenters. The van der Waals surface area contributed by atoms with Crippen molar-refractivity contribution in [2.75, 3.05) is 11.9 Å². The number of dihydropyridines is 1. The van der Waals surface area contributed by atoms with Crippen LogP contribution in [0.4, 0.5) is 10.1 Å². The van der Waals surface area contributed by atoms with Gasteiger partial charge in [0.15, 0.2) is 17.9 Å². The number of aliphatic imine (C=N–C) groups is 1. The highest BCUT2D eigenvalue weighted by Gasteiger charge is 2.47. The summed E-state index contributed by atoms with van der Waals surface area (Å²) < 4.78 is 24.9. The summed E-state index contributed by atoms with van der Waals surface area (Å²) in [5, 5.41) is 5.94. The first-order valence-electron chi connectivity index (χ1n) is 9.35. The van der Waals surface area contributed by atoms with Crippen LogP contribution in [0.25, 0.3) is 0 Å². The zero-order valence-electron chi connectivity index (χ0n) is 15.7. The van der Waals surface area contributed by atoms with E-state index >= 15 is 0 Å². The van der Waals surface area contributed by atoms with Gasteiger partial charge >= 0.3 is 5.97 Å². The number of rotatable bonds is 5. The standard InChI is InChI=1S/C21H20FN3O4/c1-2-28-21(27)17-18(26)16(10-12-11-24-19-13(12)6-5-9-23-19)29-20(17)25-15-8-4-3-7-14(15)22/h3-11,13,17,19-20,24-25H,2H2,1H3/b16-10-. The third kappa shape index (κ3) is 3.65. The van der Waals surface area contributed by atoms with E-state index in [0.29, 0.717) is 0 Å². The zero-order valence-corrected chi connectivity index (χ0v) is 15.7. The molecule has 0 bridgehead atoms. The summed E-state index contributed by atoms with van der Waals surface area (Å²) in [6.45, 7) is 1.77. The molecular weight excluding hydrogens is 377 g/mol. The molecule has 3 heterocycles. The second-order valence-corrected chi connectivity index (χ2v) is 6.73. The summed E-state index contributed by atoms with van der Waals surface area (Å²) in [5.74, 6) is -2.99. The topological polar surface area (TPSA) is 89.0 Å². The Morgan fingerprint density at radius 1 is 1.41 bits per heavy atom. The lowest BCUT2D eigenvalue weighted by Gasteiger charge is -2.19. The van der Waals surface area contributed by atoms with Crippen molar-refractivity contribution < 1.29 is 23.5 Å². The van der Waals surface area contributed by atoms with Crippen molar-refractivity contribution >= 4 is 23.7 Å². The Kier molecular flexibility index (Phi) is 5.16. The van der Waals surface area contributed by atoms with Crippen LogP contribution in [-0.4, -0.2) is 37.0 Å². The third-order valence-corrected chi connectivity index (χ3v) is 4.89. The number of nitrogens with one attached hydrogen (secondary N) is 2. The molecule has 0 spiro atoms. The Labute approximate surface area is 167 Å². The van der Waals surface area contributed by atoms with Crippen molar-refractivity contribution in [2.24, 2.45) is 16.8 Å². The zero-order chi connectivity index (χ0) is 20.4. The lowest BCUT2D eigenvalue weighted by molar-refractivity contribution is -0.151. The first-order chi connectivity index (χ1) is 14.1. The van der Waals surface area contributed by atoms with Crippen LogP contribution in [0, 0.1) is 17.7 Å². The quantitative estimate of drug-likeness (QED) is 0.450. The van der Waals surface area contributed by atoms with E-state index in [1.165, 1.54) is 12.1 Å². The molecule has 0 amide bonds. The van der Waals surface area contributed by atoms with Gasteiger partial charge in [0, 0.05) is 18.3 Å². The van der Waals surface area contributed by atoms with Crippen molar-refractivity contribution in [2.45, 2.75) is 19.3 Å². The van der Waals surface area contributed by atoms with E-state index in [1.807, 2.05) is 12.2 Å². The molecule has 0 aliphatic carbocycles. The van der Waals surface area contributed by atoms with Gasteiger partial charge in [0.05, 0.1) is 12.3 Å². The van der Waals surface area contributed by atoms with Crippen molar-refractivity contribution in [1.82, 2.24) is 5.32 Å².